The molecule has 0 bridgehead atoms. The maximum absolute atomic E-state index is 11.7. The second kappa shape index (κ2) is 9.01. The van der Waals surface area contributed by atoms with Crippen LogP contribution in [0.2, 0.25) is 0 Å². The first-order valence-electron chi connectivity index (χ1n) is 6.80. The Hall–Kier alpha value is -2.12. The summed E-state index contributed by atoms with van der Waals surface area (Å²) in [6, 6.07) is 6.61. The summed E-state index contributed by atoms with van der Waals surface area (Å²) in [6.07, 6.45) is -0.492. The summed E-state index contributed by atoms with van der Waals surface area (Å²) in [6.45, 7) is 1.99. The van der Waals surface area contributed by atoms with E-state index < -0.39 is 6.29 Å². The number of benzene rings is 1. The summed E-state index contributed by atoms with van der Waals surface area (Å²) in [5.41, 5.74) is 1.43. The van der Waals surface area contributed by atoms with Crippen molar-refractivity contribution in [1.82, 2.24) is 5.32 Å². The molecule has 7 nitrogen and oxygen atoms in total. The second-order valence-electron chi connectivity index (χ2n) is 4.60. The van der Waals surface area contributed by atoms with Crippen LogP contribution in [-0.2, 0) is 19.0 Å². The molecular formula is C15H22N2O5. The van der Waals surface area contributed by atoms with Gasteiger partial charge in [-0.1, -0.05) is 12.1 Å². The minimum atomic E-state index is -0.492. The second-order valence-corrected chi connectivity index (χ2v) is 4.60. The zero-order valence-corrected chi connectivity index (χ0v) is 13.2. The van der Waals surface area contributed by atoms with Crippen molar-refractivity contribution in [3.8, 4) is 0 Å². The van der Waals surface area contributed by atoms with E-state index >= 15 is 0 Å². The summed E-state index contributed by atoms with van der Waals surface area (Å²) >= 11 is 0. The maximum Gasteiger partial charge on any atom is 0.319 e. The number of esters is 1. The van der Waals surface area contributed by atoms with Gasteiger partial charge in [0.15, 0.2) is 6.29 Å². The fourth-order valence-corrected chi connectivity index (χ4v) is 1.78. The molecule has 0 aromatic heterocycles. The molecule has 0 spiro atoms. The third kappa shape index (κ3) is 5.34. The lowest BCUT2D eigenvalue weighted by molar-refractivity contribution is -0.141. The molecule has 1 aromatic carbocycles. The van der Waals surface area contributed by atoms with Gasteiger partial charge < -0.3 is 24.8 Å². The van der Waals surface area contributed by atoms with Crippen molar-refractivity contribution in [2.45, 2.75) is 19.1 Å². The Morgan fingerprint density at radius 1 is 1.09 bits per heavy atom. The van der Waals surface area contributed by atoms with Gasteiger partial charge in [-0.05, 0) is 24.6 Å². The first-order chi connectivity index (χ1) is 10.5. The van der Waals surface area contributed by atoms with E-state index in [2.05, 4.69) is 10.6 Å². The number of hydrogen-bond donors (Lipinski definition) is 2. The first-order valence-corrected chi connectivity index (χ1v) is 6.80. The zero-order chi connectivity index (χ0) is 16.5. The number of carbonyl (C=O) groups excluding carboxylic acids is 2. The fourth-order valence-electron chi connectivity index (χ4n) is 1.78. The fraction of sp³-hybridized carbons (Fsp3) is 0.467. The van der Waals surface area contributed by atoms with E-state index in [0.29, 0.717) is 5.69 Å². The van der Waals surface area contributed by atoms with Crippen LogP contribution >= 0.6 is 0 Å². The van der Waals surface area contributed by atoms with Gasteiger partial charge >= 0.3 is 12.0 Å². The van der Waals surface area contributed by atoms with E-state index in [0.717, 1.165) is 5.56 Å². The minimum Gasteiger partial charge on any atom is -0.469 e. The molecule has 1 aromatic rings. The smallest absolute Gasteiger partial charge is 0.319 e. The van der Waals surface area contributed by atoms with Crippen molar-refractivity contribution >= 4 is 17.7 Å². The lowest BCUT2D eigenvalue weighted by Gasteiger charge is -2.15. The molecule has 2 amide bonds. The van der Waals surface area contributed by atoms with Gasteiger partial charge in [0.25, 0.3) is 0 Å². The van der Waals surface area contributed by atoms with Gasteiger partial charge in [0, 0.05) is 19.9 Å². The highest BCUT2D eigenvalue weighted by molar-refractivity contribution is 5.89. The molecule has 22 heavy (non-hydrogen) atoms. The van der Waals surface area contributed by atoms with Crippen molar-refractivity contribution in [3.05, 3.63) is 29.8 Å². The van der Waals surface area contributed by atoms with Crippen LogP contribution in [0.1, 0.15) is 18.4 Å². The Morgan fingerprint density at radius 3 is 2.18 bits per heavy atom. The molecule has 0 saturated carbocycles. The van der Waals surface area contributed by atoms with Crippen LogP contribution in [-0.4, -0.2) is 46.2 Å². The number of carbonyl (C=O) groups is 2. The van der Waals surface area contributed by atoms with Gasteiger partial charge in [0.05, 0.1) is 19.6 Å². The maximum atomic E-state index is 11.7. The summed E-state index contributed by atoms with van der Waals surface area (Å²) in [7, 11) is 4.34. The highest BCUT2D eigenvalue weighted by Crippen LogP contribution is 2.19. The minimum absolute atomic E-state index is 0.232. The standard InChI is InChI=1S/C15H22N2O5/c1-10(14(18)22-4)11-5-7-12(8-6-11)17-15(19)16-9-13(20-2)21-3/h5-8,10,13H,9H2,1-4H3,(H2,16,17,19). The number of anilines is 1. The monoisotopic (exact) mass is 310 g/mol. The average Bonchev–Trinajstić information content (AvgIpc) is 2.55. The van der Waals surface area contributed by atoms with Crippen LogP contribution in [0.15, 0.2) is 24.3 Å². The van der Waals surface area contributed by atoms with Gasteiger partial charge in [-0.15, -0.1) is 0 Å². The predicted octanol–water partition coefficient (Wildman–Crippen LogP) is 1.70. The van der Waals surface area contributed by atoms with Gasteiger partial charge in [-0.25, -0.2) is 4.79 Å². The van der Waals surface area contributed by atoms with Crippen molar-refractivity contribution < 1.29 is 23.8 Å². The van der Waals surface area contributed by atoms with E-state index in [9.17, 15) is 9.59 Å². The number of hydrogen-bond acceptors (Lipinski definition) is 5. The van der Waals surface area contributed by atoms with Crippen molar-refractivity contribution in [3.63, 3.8) is 0 Å². The Labute approximate surface area is 129 Å². The van der Waals surface area contributed by atoms with Crippen LogP contribution in [0.4, 0.5) is 10.5 Å². The van der Waals surface area contributed by atoms with Crippen LogP contribution in [0.3, 0.4) is 0 Å². The topological polar surface area (TPSA) is 85.9 Å². The number of methoxy groups -OCH3 is 3. The van der Waals surface area contributed by atoms with Crippen LogP contribution in [0, 0.1) is 0 Å². The van der Waals surface area contributed by atoms with Crippen molar-refractivity contribution in [1.29, 1.82) is 0 Å². The van der Waals surface area contributed by atoms with Crippen molar-refractivity contribution in [2.24, 2.45) is 0 Å². The van der Waals surface area contributed by atoms with E-state index in [1.807, 2.05) is 0 Å². The Kier molecular flexibility index (Phi) is 7.34. The number of urea groups is 1. The van der Waals surface area contributed by atoms with Crippen LogP contribution in [0.25, 0.3) is 0 Å². The van der Waals surface area contributed by atoms with Gasteiger partial charge in [0.1, 0.15) is 0 Å². The molecule has 1 rings (SSSR count). The third-order valence-corrected chi connectivity index (χ3v) is 3.18. The summed E-state index contributed by atoms with van der Waals surface area (Å²) in [4.78, 5) is 23.2. The van der Waals surface area contributed by atoms with Crippen LogP contribution in [0.5, 0.6) is 0 Å². The quantitative estimate of drug-likeness (QED) is 0.591. The summed E-state index contributed by atoms with van der Waals surface area (Å²) < 4.78 is 14.6. The molecule has 1 atom stereocenters. The normalized spacial score (nSPS) is 11.9. The van der Waals surface area contributed by atoms with E-state index in [1.54, 1.807) is 31.2 Å². The predicted molar refractivity (Wildman–Crippen MR) is 81.7 cm³/mol. The molecule has 0 fully saturated rings. The first kappa shape index (κ1) is 17.9. The van der Waals surface area contributed by atoms with Gasteiger partial charge in [-0.2, -0.15) is 0 Å². The lowest BCUT2D eigenvalue weighted by Crippen LogP contribution is -2.36. The Morgan fingerprint density at radius 2 is 1.68 bits per heavy atom. The largest absolute Gasteiger partial charge is 0.469 e. The van der Waals surface area contributed by atoms with Gasteiger partial charge in [0.2, 0.25) is 0 Å². The molecular weight excluding hydrogens is 288 g/mol. The molecule has 2 N–H and O–H groups in total. The average molecular weight is 310 g/mol. The number of amides is 2. The van der Waals surface area contributed by atoms with E-state index in [-0.39, 0.29) is 24.5 Å². The highest BCUT2D eigenvalue weighted by atomic mass is 16.7. The SMILES string of the molecule is COC(=O)C(C)c1ccc(NC(=O)NCC(OC)OC)cc1. The number of ether oxygens (including phenoxy) is 3. The molecule has 1 unspecified atom stereocenters. The van der Waals surface area contributed by atoms with Crippen LogP contribution < -0.4 is 10.6 Å². The summed E-state index contributed by atoms with van der Waals surface area (Å²) in [5.74, 6) is -0.652. The molecule has 0 saturated heterocycles. The van der Waals surface area contributed by atoms with Crippen molar-refractivity contribution in [2.75, 3.05) is 33.2 Å². The molecule has 122 valence electrons. The zero-order valence-electron chi connectivity index (χ0n) is 13.2. The lowest BCUT2D eigenvalue weighted by atomic mass is 10.0. The Balaban J connectivity index is 2.53. The molecule has 0 aliphatic rings. The van der Waals surface area contributed by atoms with E-state index in [1.165, 1.54) is 21.3 Å². The third-order valence-electron chi connectivity index (χ3n) is 3.18. The number of rotatable bonds is 7. The Bertz CT molecular complexity index is 485. The highest BCUT2D eigenvalue weighted by Gasteiger charge is 2.15. The molecule has 0 aliphatic carbocycles. The van der Waals surface area contributed by atoms with E-state index in [4.69, 9.17) is 14.2 Å². The molecule has 0 aliphatic heterocycles. The summed E-state index contributed by atoms with van der Waals surface area (Å²) in [5, 5.41) is 5.30. The number of nitrogens with one attached hydrogen (secondary N) is 2. The molecule has 0 radical (unpaired) electrons. The molecule has 7 heteroatoms. The molecule has 0 heterocycles. The van der Waals surface area contributed by atoms with Gasteiger partial charge in [-0.3, -0.25) is 4.79 Å².